The number of ketones is 1. The number of carbonyl (C=O) groups is 2. The van der Waals surface area contributed by atoms with Crippen molar-refractivity contribution in [3.63, 3.8) is 0 Å². The third kappa shape index (κ3) is 4.72. The van der Waals surface area contributed by atoms with Crippen molar-refractivity contribution < 1.29 is 28.9 Å². The van der Waals surface area contributed by atoms with Gasteiger partial charge in [-0.15, -0.1) is 0 Å². The Kier molecular flexibility index (Phi) is 7.43. The highest BCUT2D eigenvalue weighted by Gasteiger charge is 2.46. The van der Waals surface area contributed by atoms with Gasteiger partial charge >= 0.3 is 0 Å². The van der Waals surface area contributed by atoms with Crippen LogP contribution in [0.2, 0.25) is 10.0 Å². The Bertz CT molecular complexity index is 1350. The Hall–Kier alpha value is -3.68. The van der Waals surface area contributed by atoms with Gasteiger partial charge in [0.1, 0.15) is 11.5 Å². The van der Waals surface area contributed by atoms with E-state index in [1.807, 2.05) is 0 Å². The molecule has 36 heavy (non-hydrogen) atoms. The molecule has 1 fully saturated rings. The lowest BCUT2D eigenvalue weighted by Crippen LogP contribution is -2.29. The molecule has 0 radical (unpaired) electrons. The highest BCUT2D eigenvalue weighted by molar-refractivity contribution is 6.46. The number of rotatable bonds is 7. The molecule has 1 aliphatic heterocycles. The number of likely N-dealkylation sites (tertiary alicyclic amines) is 1. The molecule has 1 unspecified atom stereocenters. The van der Waals surface area contributed by atoms with Gasteiger partial charge in [0.15, 0.2) is 11.5 Å². The third-order valence-electron chi connectivity index (χ3n) is 5.97. The molecule has 3 aromatic rings. The van der Waals surface area contributed by atoms with Crippen molar-refractivity contribution in [3.8, 4) is 17.2 Å². The summed E-state index contributed by atoms with van der Waals surface area (Å²) in [6.07, 6.45) is 0. The fourth-order valence-corrected chi connectivity index (χ4v) is 4.45. The molecule has 0 saturated carbocycles. The van der Waals surface area contributed by atoms with Gasteiger partial charge in [0.25, 0.3) is 11.7 Å². The second kappa shape index (κ2) is 10.5. The van der Waals surface area contributed by atoms with E-state index in [0.717, 1.165) is 0 Å². The van der Waals surface area contributed by atoms with E-state index in [1.54, 1.807) is 49.6 Å². The second-order valence-electron chi connectivity index (χ2n) is 8.02. The molecular formula is C27H23Cl2NO6. The average molecular weight is 528 g/mol. The van der Waals surface area contributed by atoms with Crippen LogP contribution in [0.4, 0.5) is 0 Å². The maximum Gasteiger partial charge on any atom is 0.295 e. The molecule has 1 amide bonds. The number of aliphatic hydroxyl groups is 1. The molecule has 4 rings (SSSR count). The van der Waals surface area contributed by atoms with Crippen LogP contribution in [0.5, 0.6) is 17.2 Å². The summed E-state index contributed by atoms with van der Waals surface area (Å²) in [5.41, 5.74) is 1.55. The van der Waals surface area contributed by atoms with Crippen molar-refractivity contribution in [1.82, 2.24) is 4.90 Å². The SMILES string of the molecule is COc1ccc(C2/C(=C(/O)c3ccc(Cl)c(Cl)c3)C(=O)C(=O)N2Cc2ccc(OC)c(OC)c2)cc1. The van der Waals surface area contributed by atoms with Crippen LogP contribution in [-0.2, 0) is 16.1 Å². The summed E-state index contributed by atoms with van der Waals surface area (Å²) in [5, 5.41) is 11.7. The first kappa shape index (κ1) is 25.4. The molecule has 0 bridgehead atoms. The maximum atomic E-state index is 13.3. The molecule has 186 valence electrons. The van der Waals surface area contributed by atoms with E-state index >= 15 is 0 Å². The molecule has 1 atom stereocenters. The van der Waals surface area contributed by atoms with Crippen molar-refractivity contribution in [1.29, 1.82) is 0 Å². The molecular weight excluding hydrogens is 505 g/mol. The van der Waals surface area contributed by atoms with Crippen molar-refractivity contribution >= 4 is 40.7 Å². The van der Waals surface area contributed by atoms with Gasteiger partial charge < -0.3 is 24.2 Å². The Morgan fingerprint density at radius 2 is 1.56 bits per heavy atom. The van der Waals surface area contributed by atoms with E-state index in [0.29, 0.717) is 33.4 Å². The Balaban J connectivity index is 1.84. The number of amides is 1. The summed E-state index contributed by atoms with van der Waals surface area (Å²) in [7, 11) is 4.59. The smallest absolute Gasteiger partial charge is 0.295 e. The zero-order chi connectivity index (χ0) is 26.0. The van der Waals surface area contributed by atoms with Gasteiger partial charge in [-0.2, -0.15) is 0 Å². The number of ether oxygens (including phenoxy) is 3. The van der Waals surface area contributed by atoms with Gasteiger partial charge in [-0.1, -0.05) is 41.4 Å². The van der Waals surface area contributed by atoms with Gasteiger partial charge in [-0.3, -0.25) is 9.59 Å². The molecule has 1 aliphatic rings. The summed E-state index contributed by atoms with van der Waals surface area (Å²) < 4.78 is 15.9. The number of nitrogens with zero attached hydrogens (tertiary/aromatic N) is 1. The number of methoxy groups -OCH3 is 3. The number of hydrogen-bond donors (Lipinski definition) is 1. The number of Topliss-reactive ketones (excluding diaryl/α,β-unsaturated/α-hetero) is 1. The molecule has 9 heteroatoms. The van der Waals surface area contributed by atoms with Crippen LogP contribution in [0.15, 0.2) is 66.2 Å². The number of halogens is 2. The second-order valence-corrected chi connectivity index (χ2v) is 8.83. The minimum absolute atomic E-state index is 0.0518. The van der Waals surface area contributed by atoms with Gasteiger partial charge in [0.2, 0.25) is 0 Å². The van der Waals surface area contributed by atoms with Crippen LogP contribution < -0.4 is 14.2 Å². The quantitative estimate of drug-likeness (QED) is 0.243. The fraction of sp³-hybridized carbons (Fsp3) is 0.185. The predicted octanol–water partition coefficient (Wildman–Crippen LogP) is 5.64. The van der Waals surface area contributed by atoms with Crippen LogP contribution in [0.1, 0.15) is 22.7 Å². The van der Waals surface area contributed by atoms with Crippen LogP contribution in [0, 0.1) is 0 Å². The summed E-state index contributed by atoms with van der Waals surface area (Å²) in [6.45, 7) is 0.0831. The number of carbonyl (C=O) groups excluding carboxylic acids is 2. The van der Waals surface area contributed by atoms with E-state index in [4.69, 9.17) is 37.4 Å². The molecule has 0 spiro atoms. The first-order valence-corrected chi connectivity index (χ1v) is 11.6. The van der Waals surface area contributed by atoms with E-state index in [2.05, 4.69) is 0 Å². The monoisotopic (exact) mass is 527 g/mol. The summed E-state index contributed by atoms with van der Waals surface area (Å²) in [6, 6.07) is 15.8. The largest absolute Gasteiger partial charge is 0.507 e. The zero-order valence-electron chi connectivity index (χ0n) is 19.7. The van der Waals surface area contributed by atoms with Crippen LogP contribution >= 0.6 is 23.2 Å². The predicted molar refractivity (Wildman–Crippen MR) is 137 cm³/mol. The Labute approximate surface area is 218 Å². The molecule has 1 N–H and O–H groups in total. The normalized spacial score (nSPS) is 16.8. The van der Waals surface area contributed by atoms with E-state index in [1.165, 1.54) is 37.3 Å². The minimum Gasteiger partial charge on any atom is -0.507 e. The molecule has 0 aromatic heterocycles. The topological polar surface area (TPSA) is 85.3 Å². The number of hydrogen-bond acceptors (Lipinski definition) is 6. The Morgan fingerprint density at radius 3 is 2.17 bits per heavy atom. The van der Waals surface area contributed by atoms with E-state index in [9.17, 15) is 14.7 Å². The molecule has 1 heterocycles. The number of aliphatic hydroxyl groups excluding tert-OH is 1. The van der Waals surface area contributed by atoms with Gasteiger partial charge in [0, 0.05) is 12.1 Å². The zero-order valence-corrected chi connectivity index (χ0v) is 21.3. The highest BCUT2D eigenvalue weighted by Crippen LogP contribution is 2.41. The lowest BCUT2D eigenvalue weighted by atomic mass is 9.95. The molecule has 0 aliphatic carbocycles. The van der Waals surface area contributed by atoms with Gasteiger partial charge in [0.05, 0.1) is 43.0 Å². The van der Waals surface area contributed by atoms with Gasteiger partial charge in [-0.05, 0) is 53.6 Å². The van der Waals surface area contributed by atoms with Crippen LogP contribution in [0.3, 0.4) is 0 Å². The Morgan fingerprint density at radius 1 is 0.861 bits per heavy atom. The summed E-state index contributed by atoms with van der Waals surface area (Å²) in [5.74, 6) is -0.257. The average Bonchev–Trinajstić information content (AvgIpc) is 3.14. The van der Waals surface area contributed by atoms with Crippen molar-refractivity contribution in [2.24, 2.45) is 0 Å². The number of benzene rings is 3. The standard InChI is InChI=1S/C27H23Cl2NO6/c1-34-18-8-5-16(6-9-18)24-23(25(31)17-7-10-19(28)20(29)13-17)26(32)27(33)30(24)14-15-4-11-21(35-2)22(12-15)36-3/h4-13,24,31H,14H2,1-3H3/b25-23-. The first-order chi connectivity index (χ1) is 17.3. The van der Waals surface area contributed by atoms with Crippen LogP contribution in [-0.4, -0.2) is 43.0 Å². The lowest BCUT2D eigenvalue weighted by Gasteiger charge is -2.26. The first-order valence-electron chi connectivity index (χ1n) is 10.9. The molecule has 7 nitrogen and oxygen atoms in total. The van der Waals surface area contributed by atoms with E-state index in [-0.39, 0.29) is 28.5 Å². The molecule has 1 saturated heterocycles. The maximum absolute atomic E-state index is 13.3. The lowest BCUT2D eigenvalue weighted by molar-refractivity contribution is -0.140. The highest BCUT2D eigenvalue weighted by atomic mass is 35.5. The molecule has 3 aromatic carbocycles. The van der Waals surface area contributed by atoms with Crippen molar-refractivity contribution in [2.45, 2.75) is 12.6 Å². The third-order valence-corrected chi connectivity index (χ3v) is 6.70. The van der Waals surface area contributed by atoms with Gasteiger partial charge in [-0.25, -0.2) is 0 Å². The summed E-state index contributed by atoms with van der Waals surface area (Å²) >= 11 is 12.2. The van der Waals surface area contributed by atoms with Crippen LogP contribution in [0.25, 0.3) is 5.76 Å². The fourth-order valence-electron chi connectivity index (χ4n) is 4.15. The van der Waals surface area contributed by atoms with Crippen molar-refractivity contribution in [3.05, 3.63) is 93.0 Å². The minimum atomic E-state index is -0.863. The summed E-state index contributed by atoms with van der Waals surface area (Å²) in [4.78, 5) is 27.9. The van der Waals surface area contributed by atoms with Crippen molar-refractivity contribution in [2.75, 3.05) is 21.3 Å². The van der Waals surface area contributed by atoms with E-state index < -0.39 is 17.7 Å².